The van der Waals surface area contributed by atoms with Crippen molar-refractivity contribution in [2.45, 2.75) is 19.8 Å². The van der Waals surface area contributed by atoms with Crippen LogP contribution in [0.15, 0.2) is 72.8 Å². The van der Waals surface area contributed by atoms with Gasteiger partial charge in [-0.1, -0.05) is 43.7 Å². The Balaban J connectivity index is 1.57. The largest absolute Gasteiger partial charge is 0.494 e. The zero-order chi connectivity index (χ0) is 20.1. The SMILES string of the molecule is CCCCOc1cccc(C(=O)Nc2ccccc2-c2nc3ccccc3s2)c1. The minimum Gasteiger partial charge on any atom is -0.494 e. The van der Waals surface area contributed by atoms with E-state index in [9.17, 15) is 4.79 Å². The van der Waals surface area contributed by atoms with Gasteiger partial charge in [-0.2, -0.15) is 0 Å². The summed E-state index contributed by atoms with van der Waals surface area (Å²) in [4.78, 5) is 17.6. The Morgan fingerprint density at radius 2 is 1.86 bits per heavy atom. The standard InChI is InChI=1S/C24H22N2O2S/c1-2-3-15-28-18-10-8-9-17(16-18)23(27)25-20-12-5-4-11-19(20)24-26-21-13-6-7-14-22(21)29-24/h4-14,16H,2-3,15H2,1H3,(H,25,27). The lowest BCUT2D eigenvalue weighted by molar-refractivity contribution is 0.102. The first-order valence-electron chi connectivity index (χ1n) is 9.74. The molecule has 1 N–H and O–H groups in total. The summed E-state index contributed by atoms with van der Waals surface area (Å²) in [5.74, 6) is 0.546. The normalized spacial score (nSPS) is 10.8. The van der Waals surface area contributed by atoms with E-state index < -0.39 is 0 Å². The molecular formula is C24H22N2O2S. The van der Waals surface area contributed by atoms with Gasteiger partial charge in [0.25, 0.3) is 5.91 Å². The van der Waals surface area contributed by atoms with Crippen molar-refractivity contribution in [3.05, 3.63) is 78.4 Å². The monoisotopic (exact) mass is 402 g/mol. The fourth-order valence-electron chi connectivity index (χ4n) is 3.02. The molecular weight excluding hydrogens is 380 g/mol. The third kappa shape index (κ3) is 4.46. The van der Waals surface area contributed by atoms with Crippen LogP contribution in [0, 0.1) is 0 Å². The van der Waals surface area contributed by atoms with Crippen molar-refractivity contribution in [3.8, 4) is 16.3 Å². The highest BCUT2D eigenvalue weighted by molar-refractivity contribution is 7.21. The van der Waals surface area contributed by atoms with E-state index in [-0.39, 0.29) is 5.91 Å². The number of nitrogens with one attached hydrogen (secondary N) is 1. The van der Waals surface area contributed by atoms with Gasteiger partial charge in [0.15, 0.2) is 0 Å². The number of thiazole rings is 1. The van der Waals surface area contributed by atoms with Crippen molar-refractivity contribution >= 4 is 33.1 Å². The van der Waals surface area contributed by atoms with Gasteiger partial charge in [-0.05, 0) is 48.9 Å². The van der Waals surface area contributed by atoms with E-state index in [0.717, 1.165) is 39.3 Å². The molecule has 4 aromatic rings. The van der Waals surface area contributed by atoms with E-state index in [0.29, 0.717) is 17.9 Å². The molecule has 4 nitrogen and oxygen atoms in total. The number of anilines is 1. The lowest BCUT2D eigenvalue weighted by Crippen LogP contribution is -2.12. The number of hydrogen-bond acceptors (Lipinski definition) is 4. The first-order chi connectivity index (χ1) is 14.2. The molecule has 4 rings (SSSR count). The number of para-hydroxylation sites is 2. The average Bonchev–Trinajstić information content (AvgIpc) is 3.18. The first kappa shape index (κ1) is 19.2. The Morgan fingerprint density at radius 3 is 2.72 bits per heavy atom. The van der Waals surface area contributed by atoms with Gasteiger partial charge in [0.05, 0.1) is 22.5 Å². The molecule has 0 radical (unpaired) electrons. The van der Waals surface area contributed by atoms with Crippen LogP contribution in [0.4, 0.5) is 5.69 Å². The summed E-state index contributed by atoms with van der Waals surface area (Å²) in [5.41, 5.74) is 3.19. The third-order valence-electron chi connectivity index (χ3n) is 4.56. The summed E-state index contributed by atoms with van der Waals surface area (Å²) in [6, 6.07) is 23.1. The van der Waals surface area contributed by atoms with Crippen LogP contribution < -0.4 is 10.1 Å². The number of carbonyl (C=O) groups excluding carboxylic acids is 1. The molecule has 1 aromatic heterocycles. The lowest BCUT2D eigenvalue weighted by Gasteiger charge is -2.11. The molecule has 3 aromatic carbocycles. The number of hydrogen-bond donors (Lipinski definition) is 1. The fourth-order valence-corrected chi connectivity index (χ4v) is 4.03. The second-order valence-corrected chi connectivity index (χ2v) is 7.75. The predicted octanol–water partition coefficient (Wildman–Crippen LogP) is 6.39. The molecule has 29 heavy (non-hydrogen) atoms. The van der Waals surface area contributed by atoms with Crippen LogP contribution in [0.1, 0.15) is 30.1 Å². The molecule has 1 heterocycles. The van der Waals surface area contributed by atoms with Crippen LogP contribution in [0.3, 0.4) is 0 Å². The van der Waals surface area contributed by atoms with E-state index in [4.69, 9.17) is 9.72 Å². The maximum absolute atomic E-state index is 12.9. The first-order valence-corrected chi connectivity index (χ1v) is 10.6. The van der Waals surface area contributed by atoms with Gasteiger partial charge in [-0.3, -0.25) is 4.79 Å². The summed E-state index contributed by atoms with van der Waals surface area (Å²) in [6.45, 7) is 2.78. The highest BCUT2D eigenvalue weighted by Crippen LogP contribution is 2.34. The molecule has 0 saturated heterocycles. The number of nitrogens with zero attached hydrogens (tertiary/aromatic N) is 1. The quantitative estimate of drug-likeness (QED) is 0.364. The second-order valence-electron chi connectivity index (χ2n) is 6.72. The highest BCUT2D eigenvalue weighted by atomic mass is 32.1. The molecule has 0 fully saturated rings. The second kappa shape index (κ2) is 8.88. The van der Waals surface area contributed by atoms with Crippen LogP contribution in [0.5, 0.6) is 5.75 Å². The van der Waals surface area contributed by atoms with Gasteiger partial charge in [-0.15, -0.1) is 11.3 Å². The van der Waals surface area contributed by atoms with Crippen LogP contribution in [-0.2, 0) is 0 Å². The van der Waals surface area contributed by atoms with Gasteiger partial charge in [0.1, 0.15) is 10.8 Å². The number of amides is 1. The summed E-state index contributed by atoms with van der Waals surface area (Å²) < 4.78 is 6.85. The maximum Gasteiger partial charge on any atom is 0.255 e. The number of fused-ring (bicyclic) bond motifs is 1. The molecule has 5 heteroatoms. The molecule has 0 saturated carbocycles. The molecule has 0 aliphatic carbocycles. The summed E-state index contributed by atoms with van der Waals surface area (Å²) in [6.07, 6.45) is 2.06. The van der Waals surface area contributed by atoms with E-state index in [1.807, 2.05) is 54.6 Å². The molecule has 0 spiro atoms. The van der Waals surface area contributed by atoms with Crippen molar-refractivity contribution in [1.29, 1.82) is 0 Å². The van der Waals surface area contributed by atoms with Crippen molar-refractivity contribution in [3.63, 3.8) is 0 Å². The molecule has 0 atom stereocenters. The number of carbonyl (C=O) groups is 1. The zero-order valence-electron chi connectivity index (χ0n) is 16.2. The number of aromatic nitrogens is 1. The topological polar surface area (TPSA) is 51.2 Å². The minimum atomic E-state index is -0.167. The third-order valence-corrected chi connectivity index (χ3v) is 5.63. The van der Waals surface area contributed by atoms with Crippen LogP contribution in [-0.4, -0.2) is 17.5 Å². The highest BCUT2D eigenvalue weighted by Gasteiger charge is 2.14. The Morgan fingerprint density at radius 1 is 1.03 bits per heavy atom. The Bertz CT molecular complexity index is 1100. The van der Waals surface area contributed by atoms with Crippen molar-refractivity contribution < 1.29 is 9.53 Å². The van der Waals surface area contributed by atoms with Crippen molar-refractivity contribution in [2.75, 3.05) is 11.9 Å². The van der Waals surface area contributed by atoms with Gasteiger partial charge < -0.3 is 10.1 Å². The van der Waals surface area contributed by atoms with Gasteiger partial charge >= 0.3 is 0 Å². The molecule has 1 amide bonds. The summed E-state index contributed by atoms with van der Waals surface area (Å²) in [7, 11) is 0. The van der Waals surface area contributed by atoms with Crippen molar-refractivity contribution in [1.82, 2.24) is 4.98 Å². The van der Waals surface area contributed by atoms with Gasteiger partial charge in [0.2, 0.25) is 0 Å². The Hall–Kier alpha value is -3.18. The Labute approximate surface area is 174 Å². The number of ether oxygens (including phenoxy) is 1. The van der Waals surface area contributed by atoms with E-state index in [1.54, 1.807) is 23.5 Å². The molecule has 0 bridgehead atoms. The average molecular weight is 403 g/mol. The van der Waals surface area contributed by atoms with E-state index in [1.165, 1.54) is 0 Å². The lowest BCUT2D eigenvalue weighted by atomic mass is 10.1. The minimum absolute atomic E-state index is 0.167. The molecule has 0 aliphatic heterocycles. The fraction of sp³-hybridized carbons (Fsp3) is 0.167. The van der Waals surface area contributed by atoms with Crippen LogP contribution in [0.2, 0.25) is 0 Å². The molecule has 0 aliphatic rings. The van der Waals surface area contributed by atoms with E-state index in [2.05, 4.69) is 18.3 Å². The van der Waals surface area contributed by atoms with Crippen LogP contribution in [0.25, 0.3) is 20.8 Å². The number of rotatable bonds is 7. The smallest absolute Gasteiger partial charge is 0.255 e. The van der Waals surface area contributed by atoms with Crippen LogP contribution >= 0.6 is 11.3 Å². The summed E-state index contributed by atoms with van der Waals surface area (Å²) >= 11 is 1.62. The van der Waals surface area contributed by atoms with Gasteiger partial charge in [-0.25, -0.2) is 4.98 Å². The number of unbranched alkanes of at least 4 members (excludes halogenated alkanes) is 1. The maximum atomic E-state index is 12.9. The molecule has 146 valence electrons. The van der Waals surface area contributed by atoms with E-state index >= 15 is 0 Å². The summed E-state index contributed by atoms with van der Waals surface area (Å²) in [5, 5.41) is 3.92. The molecule has 0 unspecified atom stereocenters. The Kier molecular flexibility index (Phi) is 5.86. The van der Waals surface area contributed by atoms with Gasteiger partial charge in [0, 0.05) is 11.1 Å². The number of benzene rings is 3. The van der Waals surface area contributed by atoms with Crippen molar-refractivity contribution in [2.24, 2.45) is 0 Å². The predicted molar refractivity (Wildman–Crippen MR) is 120 cm³/mol. The zero-order valence-corrected chi connectivity index (χ0v) is 17.0.